The number of hydrogen-bond acceptors (Lipinski definition) is 4. The van der Waals surface area contributed by atoms with Gasteiger partial charge in [-0.25, -0.2) is 4.79 Å². The van der Waals surface area contributed by atoms with Crippen LogP contribution in [0.1, 0.15) is 21.5 Å². The molecule has 2 aromatic carbocycles. The predicted molar refractivity (Wildman–Crippen MR) is 99.1 cm³/mol. The van der Waals surface area contributed by atoms with Gasteiger partial charge in [0.05, 0.1) is 7.11 Å². The van der Waals surface area contributed by atoms with Crippen LogP contribution in [0.2, 0.25) is 0 Å². The molecule has 7 nitrogen and oxygen atoms in total. The molecular formula is C20H22N3O4+. The van der Waals surface area contributed by atoms with Crippen LogP contribution in [0.25, 0.3) is 0 Å². The van der Waals surface area contributed by atoms with Crippen molar-refractivity contribution in [2.75, 3.05) is 19.0 Å². The molecule has 1 heterocycles. The fourth-order valence-corrected chi connectivity index (χ4v) is 3.37. The third-order valence-corrected chi connectivity index (χ3v) is 4.78. The van der Waals surface area contributed by atoms with Gasteiger partial charge in [0.15, 0.2) is 12.6 Å². The van der Waals surface area contributed by atoms with Gasteiger partial charge in [-0.05, 0) is 29.8 Å². The van der Waals surface area contributed by atoms with Crippen molar-refractivity contribution in [3.8, 4) is 0 Å². The highest BCUT2D eigenvalue weighted by Crippen LogP contribution is 2.14. The Morgan fingerprint density at radius 1 is 1.11 bits per heavy atom. The number of methoxy groups -OCH3 is 1. The molecule has 2 amide bonds. The van der Waals surface area contributed by atoms with E-state index in [4.69, 9.17) is 10.5 Å². The molecule has 0 bridgehead atoms. The number of benzene rings is 2. The lowest BCUT2D eigenvalue weighted by atomic mass is 9.94. The van der Waals surface area contributed by atoms with E-state index in [-0.39, 0.29) is 18.4 Å². The van der Waals surface area contributed by atoms with Gasteiger partial charge in [0, 0.05) is 23.2 Å². The molecule has 2 aromatic rings. The zero-order chi connectivity index (χ0) is 19.4. The molecule has 3 rings (SSSR count). The van der Waals surface area contributed by atoms with E-state index in [9.17, 15) is 14.4 Å². The highest BCUT2D eigenvalue weighted by molar-refractivity contribution is 5.95. The summed E-state index contributed by atoms with van der Waals surface area (Å²) in [6, 6.07) is 13.8. The van der Waals surface area contributed by atoms with Crippen molar-refractivity contribution >= 4 is 23.5 Å². The second-order valence-electron chi connectivity index (χ2n) is 6.55. The van der Waals surface area contributed by atoms with Gasteiger partial charge in [-0.15, -0.1) is 0 Å². The Morgan fingerprint density at radius 3 is 2.41 bits per heavy atom. The molecule has 1 aliphatic rings. The number of esters is 1. The molecule has 7 heteroatoms. The number of quaternary nitrogens is 1. The lowest BCUT2D eigenvalue weighted by molar-refractivity contribution is -0.924. The number of hydrogen-bond donors (Lipinski definition) is 3. The van der Waals surface area contributed by atoms with Crippen LogP contribution in [0.3, 0.4) is 0 Å². The first-order valence-corrected chi connectivity index (χ1v) is 8.67. The topological polar surface area (TPSA) is 103 Å². The zero-order valence-electron chi connectivity index (χ0n) is 15.0. The quantitative estimate of drug-likeness (QED) is 0.642. The molecule has 1 unspecified atom stereocenters. The first kappa shape index (κ1) is 18.6. The molecule has 1 aliphatic heterocycles. The van der Waals surface area contributed by atoms with Gasteiger partial charge in [-0.3, -0.25) is 9.59 Å². The van der Waals surface area contributed by atoms with Gasteiger partial charge < -0.3 is 20.7 Å². The van der Waals surface area contributed by atoms with E-state index in [2.05, 4.69) is 5.32 Å². The number of rotatable bonds is 5. The van der Waals surface area contributed by atoms with Crippen LogP contribution in [0.5, 0.6) is 0 Å². The molecule has 0 saturated carbocycles. The Balaban J connectivity index is 1.71. The number of nitrogens with two attached hydrogens (primary N) is 1. The zero-order valence-corrected chi connectivity index (χ0v) is 15.0. The maximum Gasteiger partial charge on any atom is 0.365 e. The predicted octanol–water partition coefficient (Wildman–Crippen LogP) is -0.0932. The van der Waals surface area contributed by atoms with Gasteiger partial charge in [0.1, 0.15) is 6.54 Å². The van der Waals surface area contributed by atoms with E-state index in [1.807, 2.05) is 24.3 Å². The number of ether oxygens (including phenoxy) is 1. The van der Waals surface area contributed by atoms with Gasteiger partial charge >= 0.3 is 5.97 Å². The Hall–Kier alpha value is -3.19. The Bertz CT molecular complexity index is 864. The fourth-order valence-electron chi connectivity index (χ4n) is 3.37. The van der Waals surface area contributed by atoms with Crippen LogP contribution in [-0.2, 0) is 27.3 Å². The first-order chi connectivity index (χ1) is 13.0. The smallest absolute Gasteiger partial charge is 0.365 e. The summed E-state index contributed by atoms with van der Waals surface area (Å²) < 4.78 is 4.94. The second-order valence-corrected chi connectivity index (χ2v) is 6.55. The van der Waals surface area contributed by atoms with Crippen molar-refractivity contribution in [1.82, 2.24) is 0 Å². The Labute approximate surface area is 157 Å². The summed E-state index contributed by atoms with van der Waals surface area (Å²) in [5.74, 6) is -1.06. The number of fused-ring (bicyclic) bond motifs is 1. The monoisotopic (exact) mass is 368 g/mol. The fraction of sp³-hybridized carbons (Fsp3) is 0.250. The highest BCUT2D eigenvalue weighted by Gasteiger charge is 2.37. The molecule has 0 radical (unpaired) electrons. The van der Waals surface area contributed by atoms with Crippen LogP contribution < -0.4 is 16.0 Å². The number of amides is 2. The van der Waals surface area contributed by atoms with E-state index < -0.39 is 11.9 Å². The molecule has 0 saturated heterocycles. The van der Waals surface area contributed by atoms with Gasteiger partial charge in [-0.2, -0.15) is 0 Å². The van der Waals surface area contributed by atoms with E-state index in [0.717, 1.165) is 16.0 Å². The van der Waals surface area contributed by atoms with Gasteiger partial charge in [-0.1, -0.05) is 24.3 Å². The van der Waals surface area contributed by atoms with Crippen molar-refractivity contribution in [3.63, 3.8) is 0 Å². The third-order valence-electron chi connectivity index (χ3n) is 4.78. The summed E-state index contributed by atoms with van der Waals surface area (Å²) in [6.45, 7) is 0.704. The van der Waals surface area contributed by atoms with E-state index in [1.165, 1.54) is 7.11 Å². The van der Waals surface area contributed by atoms with Crippen LogP contribution in [0, 0.1) is 0 Å². The van der Waals surface area contributed by atoms with E-state index in [0.29, 0.717) is 24.2 Å². The maximum atomic E-state index is 12.5. The lowest BCUT2D eigenvalue weighted by Crippen LogP contribution is -3.17. The number of primary amides is 1. The number of nitrogens with one attached hydrogen (secondary N) is 2. The molecule has 4 N–H and O–H groups in total. The average Bonchev–Trinajstić information content (AvgIpc) is 2.67. The van der Waals surface area contributed by atoms with Gasteiger partial charge in [0.2, 0.25) is 5.91 Å². The summed E-state index contributed by atoms with van der Waals surface area (Å²) >= 11 is 0. The first-order valence-electron chi connectivity index (χ1n) is 8.67. The Morgan fingerprint density at radius 2 is 1.78 bits per heavy atom. The summed E-state index contributed by atoms with van der Waals surface area (Å²) in [5, 5.41) is 2.79. The number of anilines is 1. The van der Waals surface area contributed by atoms with Crippen LogP contribution >= 0.6 is 0 Å². The van der Waals surface area contributed by atoms with Gasteiger partial charge in [0.25, 0.3) is 5.91 Å². The molecule has 140 valence electrons. The van der Waals surface area contributed by atoms with Crippen molar-refractivity contribution < 1.29 is 24.0 Å². The normalized spacial score (nSPS) is 18.3. The van der Waals surface area contributed by atoms with Crippen LogP contribution in [-0.4, -0.2) is 37.5 Å². The molecule has 27 heavy (non-hydrogen) atoms. The maximum absolute atomic E-state index is 12.5. The van der Waals surface area contributed by atoms with Crippen molar-refractivity contribution in [3.05, 3.63) is 65.2 Å². The van der Waals surface area contributed by atoms with Crippen LogP contribution in [0.4, 0.5) is 5.69 Å². The number of carbonyl (C=O) groups is 3. The SMILES string of the molecule is COC(=O)[C@H]1Cc2ccccc2C[NH+]1CC(=O)Nc1ccc(C(N)=O)cc1. The molecule has 2 atom stereocenters. The van der Waals surface area contributed by atoms with Crippen molar-refractivity contribution in [2.24, 2.45) is 5.73 Å². The lowest BCUT2D eigenvalue weighted by Gasteiger charge is -2.31. The van der Waals surface area contributed by atoms with Crippen LogP contribution in [0.15, 0.2) is 48.5 Å². The summed E-state index contributed by atoms with van der Waals surface area (Å²) in [7, 11) is 1.36. The highest BCUT2D eigenvalue weighted by atomic mass is 16.5. The molecule has 0 spiro atoms. The molecule has 0 fully saturated rings. The van der Waals surface area contributed by atoms with Crippen molar-refractivity contribution in [1.29, 1.82) is 0 Å². The molecular weight excluding hydrogens is 346 g/mol. The summed E-state index contributed by atoms with van der Waals surface area (Å²) in [6.07, 6.45) is 0.540. The van der Waals surface area contributed by atoms with E-state index >= 15 is 0 Å². The standard InChI is InChI=1S/C20H21N3O4/c1-27-20(26)17-10-14-4-2-3-5-15(14)11-23(17)12-18(24)22-16-8-6-13(7-9-16)19(21)25/h2-9,17H,10-12H2,1H3,(H2,21,25)(H,22,24)/p+1/t17-/m1/s1. The van der Waals surface area contributed by atoms with E-state index in [1.54, 1.807) is 24.3 Å². The third kappa shape index (κ3) is 4.32. The average molecular weight is 368 g/mol. The second kappa shape index (κ2) is 8.01. The molecule has 0 aromatic heterocycles. The summed E-state index contributed by atoms with van der Waals surface area (Å²) in [5.41, 5.74) is 8.39. The minimum Gasteiger partial charge on any atom is -0.465 e. The Kier molecular flexibility index (Phi) is 5.52. The number of carbonyl (C=O) groups excluding carboxylic acids is 3. The molecule has 0 aliphatic carbocycles. The van der Waals surface area contributed by atoms with Crippen molar-refractivity contribution in [2.45, 2.75) is 19.0 Å². The minimum absolute atomic E-state index is 0.131. The largest absolute Gasteiger partial charge is 0.465 e. The minimum atomic E-state index is -0.523. The summed E-state index contributed by atoms with van der Waals surface area (Å²) in [4.78, 5) is 36.7.